The second-order valence-corrected chi connectivity index (χ2v) is 11.6. The van der Waals surface area contributed by atoms with Gasteiger partial charge in [-0.25, -0.2) is 0 Å². The van der Waals surface area contributed by atoms with E-state index < -0.39 is 8.32 Å². The quantitative estimate of drug-likeness (QED) is 0.701. The zero-order valence-corrected chi connectivity index (χ0v) is 12.6. The zero-order valence-electron chi connectivity index (χ0n) is 10.8. The Morgan fingerprint density at radius 2 is 2.12 bits per heavy atom. The van der Waals surface area contributed by atoms with Crippen LogP contribution in [-0.4, -0.2) is 19.3 Å². The second kappa shape index (κ2) is 4.85. The molecule has 0 amide bonds. The fraction of sp³-hybridized carbons (Fsp3) is 0.750. The van der Waals surface area contributed by atoms with E-state index in [9.17, 15) is 0 Å². The molecule has 0 aromatic carbocycles. The predicted molar refractivity (Wildman–Crippen MR) is 72.8 cm³/mol. The first-order valence-corrected chi connectivity index (χ1v) is 9.61. The maximum Gasteiger partial charge on any atom is 0.250 e. The molecule has 0 fully saturated rings. The molecule has 2 nitrogen and oxygen atoms in total. The minimum absolute atomic E-state index is 0.0739. The highest BCUT2D eigenvalue weighted by Crippen LogP contribution is 2.39. The average molecular weight is 255 g/mol. The van der Waals surface area contributed by atoms with Crippen LogP contribution in [0.3, 0.4) is 0 Å². The molecule has 90 valence electrons. The molecular weight excluding hydrogens is 234 g/mol. The van der Waals surface area contributed by atoms with E-state index in [-0.39, 0.29) is 10.3 Å². The lowest BCUT2D eigenvalue weighted by Gasteiger charge is -2.38. The summed E-state index contributed by atoms with van der Waals surface area (Å²) < 4.78 is 6.21. The predicted octanol–water partition coefficient (Wildman–Crippen LogP) is 3.92. The highest BCUT2D eigenvalue weighted by atomic mass is 32.2. The van der Waals surface area contributed by atoms with Gasteiger partial charge in [0.15, 0.2) is 0 Å². The van der Waals surface area contributed by atoms with E-state index in [4.69, 9.17) is 9.69 Å². The number of nitrogens with zero attached hydrogens (tertiary/aromatic N) is 1. The molecule has 0 radical (unpaired) electrons. The fourth-order valence-corrected chi connectivity index (χ4v) is 3.23. The number of hydrogen-bond donors (Lipinski definition) is 0. The SMILES string of the molecule is CC(C)(C)[Si](C)(C)OC1=CCS[C@H](C#N)C1. The van der Waals surface area contributed by atoms with Crippen molar-refractivity contribution in [2.24, 2.45) is 0 Å². The van der Waals surface area contributed by atoms with Crippen LogP contribution < -0.4 is 0 Å². The largest absolute Gasteiger partial charge is 0.547 e. The molecule has 0 unspecified atom stereocenters. The summed E-state index contributed by atoms with van der Waals surface area (Å²) in [6.45, 7) is 11.2. The van der Waals surface area contributed by atoms with Crippen molar-refractivity contribution in [2.75, 3.05) is 5.75 Å². The lowest BCUT2D eigenvalue weighted by atomic mass is 10.2. The van der Waals surface area contributed by atoms with Crippen LogP contribution in [0.1, 0.15) is 27.2 Å². The van der Waals surface area contributed by atoms with Gasteiger partial charge < -0.3 is 4.43 Å². The van der Waals surface area contributed by atoms with Gasteiger partial charge in [-0.05, 0) is 24.2 Å². The van der Waals surface area contributed by atoms with Gasteiger partial charge in [0.1, 0.15) is 0 Å². The van der Waals surface area contributed by atoms with Gasteiger partial charge in [0.2, 0.25) is 8.32 Å². The Balaban J connectivity index is 2.69. The van der Waals surface area contributed by atoms with E-state index in [0.717, 1.165) is 17.9 Å². The summed E-state index contributed by atoms with van der Waals surface area (Å²) in [5.74, 6) is 1.94. The third-order valence-corrected chi connectivity index (χ3v) is 8.75. The molecule has 1 atom stereocenters. The van der Waals surface area contributed by atoms with Gasteiger partial charge in [-0.2, -0.15) is 5.26 Å². The smallest absolute Gasteiger partial charge is 0.250 e. The highest BCUT2D eigenvalue weighted by molar-refractivity contribution is 8.00. The first-order valence-electron chi connectivity index (χ1n) is 5.65. The maximum atomic E-state index is 8.92. The molecule has 0 saturated heterocycles. The number of thioether (sulfide) groups is 1. The van der Waals surface area contributed by atoms with Crippen molar-refractivity contribution in [3.63, 3.8) is 0 Å². The number of hydrogen-bond acceptors (Lipinski definition) is 3. The molecule has 0 spiro atoms. The van der Waals surface area contributed by atoms with Gasteiger partial charge in [0.25, 0.3) is 0 Å². The van der Waals surface area contributed by atoms with Crippen LogP contribution in [0.2, 0.25) is 18.1 Å². The van der Waals surface area contributed by atoms with E-state index in [1.807, 2.05) is 0 Å². The van der Waals surface area contributed by atoms with Crippen LogP contribution >= 0.6 is 11.8 Å². The van der Waals surface area contributed by atoms with Crippen molar-refractivity contribution in [1.29, 1.82) is 5.26 Å². The van der Waals surface area contributed by atoms with E-state index in [2.05, 4.69) is 46.0 Å². The Kier molecular flexibility index (Phi) is 4.14. The third-order valence-electron chi connectivity index (χ3n) is 3.33. The lowest BCUT2D eigenvalue weighted by molar-refractivity contribution is 0.367. The van der Waals surface area contributed by atoms with Crippen LogP contribution in [-0.2, 0) is 4.43 Å². The van der Waals surface area contributed by atoms with E-state index in [1.165, 1.54) is 0 Å². The average Bonchev–Trinajstić information content (AvgIpc) is 2.15. The van der Waals surface area contributed by atoms with Crippen LogP contribution in [0.15, 0.2) is 11.8 Å². The number of rotatable bonds is 2. The van der Waals surface area contributed by atoms with Crippen molar-refractivity contribution >= 4 is 20.1 Å². The van der Waals surface area contributed by atoms with Gasteiger partial charge in [-0.3, -0.25) is 0 Å². The van der Waals surface area contributed by atoms with E-state index >= 15 is 0 Å². The zero-order chi connectivity index (χ0) is 12.4. The first-order chi connectivity index (χ1) is 7.26. The van der Waals surface area contributed by atoms with Crippen molar-refractivity contribution in [1.82, 2.24) is 0 Å². The summed E-state index contributed by atoms with van der Waals surface area (Å²) in [6, 6.07) is 2.32. The Morgan fingerprint density at radius 1 is 1.50 bits per heavy atom. The van der Waals surface area contributed by atoms with Crippen LogP contribution in [0, 0.1) is 11.3 Å². The van der Waals surface area contributed by atoms with Gasteiger partial charge in [0.05, 0.1) is 17.1 Å². The summed E-state index contributed by atoms with van der Waals surface area (Å²) in [5.41, 5.74) is 0. The molecule has 0 bridgehead atoms. The molecule has 0 N–H and O–H groups in total. The highest BCUT2D eigenvalue weighted by Gasteiger charge is 2.39. The maximum absolute atomic E-state index is 8.92. The van der Waals surface area contributed by atoms with Crippen molar-refractivity contribution in [3.8, 4) is 6.07 Å². The van der Waals surface area contributed by atoms with Gasteiger partial charge in [-0.15, -0.1) is 11.8 Å². The third kappa shape index (κ3) is 3.29. The topological polar surface area (TPSA) is 33.0 Å². The van der Waals surface area contributed by atoms with E-state index in [0.29, 0.717) is 0 Å². The molecule has 16 heavy (non-hydrogen) atoms. The second-order valence-electron chi connectivity index (χ2n) is 5.69. The summed E-state index contributed by atoms with van der Waals surface area (Å²) in [5, 5.41) is 9.22. The summed E-state index contributed by atoms with van der Waals surface area (Å²) in [6.07, 6.45) is 2.91. The minimum Gasteiger partial charge on any atom is -0.547 e. The van der Waals surface area contributed by atoms with Gasteiger partial charge >= 0.3 is 0 Å². The Labute approximate surface area is 104 Å². The molecule has 0 aliphatic carbocycles. The van der Waals surface area contributed by atoms with Crippen LogP contribution in [0.5, 0.6) is 0 Å². The Bertz CT molecular complexity index is 325. The standard InChI is InChI=1S/C12H21NOSSi/c1-12(2,3)16(4,5)14-10-6-7-15-11(8-10)9-13/h6,11H,7-8H2,1-5H3/t11-/m0/s1. The molecule has 0 saturated carbocycles. The lowest BCUT2D eigenvalue weighted by Crippen LogP contribution is -2.40. The Hall–Kier alpha value is -0.403. The Morgan fingerprint density at radius 3 is 2.62 bits per heavy atom. The molecule has 0 aromatic heterocycles. The molecular formula is C12H21NOSSi. The van der Waals surface area contributed by atoms with Crippen molar-refractivity contribution in [2.45, 2.75) is 50.6 Å². The normalized spacial score (nSPS) is 22.2. The summed E-state index contributed by atoms with van der Waals surface area (Å²) in [4.78, 5) is 0. The fourth-order valence-electron chi connectivity index (χ4n) is 1.23. The van der Waals surface area contributed by atoms with Crippen LogP contribution in [0.4, 0.5) is 0 Å². The number of nitriles is 1. The molecule has 1 aliphatic heterocycles. The molecule has 1 aliphatic rings. The van der Waals surface area contributed by atoms with Crippen LogP contribution in [0.25, 0.3) is 0 Å². The van der Waals surface area contributed by atoms with Gasteiger partial charge in [-0.1, -0.05) is 20.8 Å². The monoisotopic (exact) mass is 255 g/mol. The van der Waals surface area contributed by atoms with E-state index in [1.54, 1.807) is 11.8 Å². The molecule has 1 rings (SSSR count). The summed E-state index contributed by atoms with van der Waals surface area (Å²) in [7, 11) is -1.72. The first kappa shape index (κ1) is 13.7. The number of allylic oxidation sites excluding steroid dienone is 1. The van der Waals surface area contributed by atoms with Crippen molar-refractivity contribution < 1.29 is 4.43 Å². The van der Waals surface area contributed by atoms with Crippen molar-refractivity contribution in [3.05, 3.63) is 11.8 Å². The molecule has 1 heterocycles. The van der Waals surface area contributed by atoms with Gasteiger partial charge in [0, 0.05) is 12.2 Å². The molecule has 4 heteroatoms. The molecule has 0 aromatic rings. The minimum atomic E-state index is -1.72. The summed E-state index contributed by atoms with van der Waals surface area (Å²) >= 11 is 1.70.